The minimum absolute atomic E-state index is 0.184. The Labute approximate surface area is 204 Å². The highest BCUT2D eigenvalue weighted by molar-refractivity contribution is 8.26. The van der Waals surface area contributed by atoms with E-state index in [-0.39, 0.29) is 26.6 Å². The summed E-state index contributed by atoms with van der Waals surface area (Å²) in [5.74, 6) is -1.02. The van der Waals surface area contributed by atoms with Gasteiger partial charge in [-0.2, -0.15) is 5.01 Å². The number of ether oxygens (including phenoxy) is 3. The van der Waals surface area contributed by atoms with Gasteiger partial charge in [0, 0.05) is 5.56 Å². The molecule has 0 aliphatic carbocycles. The molecule has 0 aromatic heterocycles. The van der Waals surface area contributed by atoms with Crippen LogP contribution >= 0.6 is 35.6 Å². The van der Waals surface area contributed by atoms with E-state index in [2.05, 4.69) is 10.2 Å². The normalized spacial score (nSPS) is 14.4. The molecule has 1 N–H and O–H groups in total. The summed E-state index contributed by atoms with van der Waals surface area (Å²) in [6, 6.07) is 11.7. The highest BCUT2D eigenvalue weighted by Crippen LogP contribution is 2.39. The van der Waals surface area contributed by atoms with Crippen LogP contribution in [0.3, 0.4) is 0 Å². The average Bonchev–Trinajstić information content (AvgIpc) is 3.06. The van der Waals surface area contributed by atoms with Crippen molar-refractivity contribution < 1.29 is 28.6 Å². The predicted octanol–water partition coefficient (Wildman–Crippen LogP) is 3.84. The monoisotopic (exact) mass is 506 g/mol. The molecule has 33 heavy (non-hydrogen) atoms. The molecular weight excluding hydrogens is 488 g/mol. The van der Waals surface area contributed by atoms with Gasteiger partial charge in [-0.3, -0.25) is 15.0 Å². The molecule has 2 aromatic rings. The minimum atomic E-state index is -0.571. The van der Waals surface area contributed by atoms with Gasteiger partial charge in [0.25, 0.3) is 11.8 Å². The highest BCUT2D eigenvalue weighted by atomic mass is 35.5. The summed E-state index contributed by atoms with van der Waals surface area (Å²) in [6.45, 7) is 1.77. The molecule has 1 aliphatic heterocycles. The van der Waals surface area contributed by atoms with Crippen molar-refractivity contribution in [3.8, 4) is 11.5 Å². The lowest BCUT2D eigenvalue weighted by atomic mass is 10.1. The number of benzene rings is 2. The number of methoxy groups -OCH3 is 1. The molecule has 8 nitrogen and oxygen atoms in total. The first-order chi connectivity index (χ1) is 15.8. The molecule has 2 aromatic carbocycles. The van der Waals surface area contributed by atoms with Crippen molar-refractivity contribution in [2.24, 2.45) is 0 Å². The molecule has 0 bridgehead atoms. The number of carbonyl (C=O) groups excluding carboxylic acids is 3. The predicted molar refractivity (Wildman–Crippen MR) is 129 cm³/mol. The average molecular weight is 507 g/mol. The van der Waals surface area contributed by atoms with E-state index in [0.29, 0.717) is 23.5 Å². The van der Waals surface area contributed by atoms with E-state index in [9.17, 15) is 14.4 Å². The molecule has 0 spiro atoms. The summed E-state index contributed by atoms with van der Waals surface area (Å²) in [6.07, 6.45) is 1.58. The van der Waals surface area contributed by atoms with Gasteiger partial charge >= 0.3 is 5.97 Å². The molecule has 1 heterocycles. The van der Waals surface area contributed by atoms with Crippen LogP contribution in [0.15, 0.2) is 47.4 Å². The highest BCUT2D eigenvalue weighted by Gasteiger charge is 2.34. The van der Waals surface area contributed by atoms with Gasteiger partial charge in [-0.25, -0.2) is 4.79 Å². The number of thioether (sulfide) groups is 1. The van der Waals surface area contributed by atoms with E-state index in [4.69, 9.17) is 33.3 Å². The molecule has 2 amide bonds. The Morgan fingerprint density at radius 1 is 1.21 bits per heavy atom. The summed E-state index contributed by atoms with van der Waals surface area (Å²) >= 11 is 12.6. The van der Waals surface area contributed by atoms with Crippen molar-refractivity contribution in [3.63, 3.8) is 0 Å². The molecular formula is C22H19ClN2O6S2. The molecule has 1 aliphatic rings. The number of hydrogen-bond acceptors (Lipinski definition) is 8. The zero-order chi connectivity index (χ0) is 24.0. The second-order valence-electron chi connectivity index (χ2n) is 6.45. The number of rotatable bonds is 8. The largest absolute Gasteiger partial charge is 0.490 e. The second kappa shape index (κ2) is 11.2. The molecule has 1 fully saturated rings. The molecule has 3 rings (SSSR count). The third kappa shape index (κ3) is 6.04. The molecule has 0 atom stereocenters. The quantitative estimate of drug-likeness (QED) is 0.328. The number of halogens is 1. The Bertz CT molecular complexity index is 1120. The zero-order valence-corrected chi connectivity index (χ0v) is 20.0. The first-order valence-electron chi connectivity index (χ1n) is 9.64. The van der Waals surface area contributed by atoms with Crippen LogP contribution in [0.2, 0.25) is 5.02 Å². The number of thiocarbonyl (C=S) groups is 1. The lowest BCUT2D eigenvalue weighted by molar-refractivity contribution is -0.142. The molecule has 0 unspecified atom stereocenters. The number of carbonyl (C=O) groups is 3. The fourth-order valence-corrected chi connectivity index (χ4v) is 4.19. The van der Waals surface area contributed by atoms with Crippen LogP contribution in [0.1, 0.15) is 22.8 Å². The van der Waals surface area contributed by atoms with Gasteiger partial charge in [0.05, 0.1) is 23.6 Å². The topological polar surface area (TPSA) is 94.2 Å². The molecule has 0 saturated carbocycles. The van der Waals surface area contributed by atoms with Crippen molar-refractivity contribution in [2.45, 2.75) is 6.92 Å². The van der Waals surface area contributed by atoms with E-state index in [0.717, 1.165) is 16.8 Å². The third-order valence-corrected chi connectivity index (χ3v) is 5.82. The Morgan fingerprint density at radius 2 is 1.94 bits per heavy atom. The maximum atomic E-state index is 12.9. The fraction of sp³-hybridized carbons (Fsp3) is 0.182. The van der Waals surface area contributed by atoms with Crippen LogP contribution in [0, 0.1) is 0 Å². The van der Waals surface area contributed by atoms with E-state index in [1.807, 2.05) is 0 Å². The van der Waals surface area contributed by atoms with Crippen LogP contribution in [0.4, 0.5) is 0 Å². The number of amides is 2. The fourth-order valence-electron chi connectivity index (χ4n) is 2.74. The zero-order valence-electron chi connectivity index (χ0n) is 17.6. The van der Waals surface area contributed by atoms with Crippen LogP contribution < -0.4 is 14.9 Å². The van der Waals surface area contributed by atoms with Gasteiger partial charge in [-0.15, -0.1) is 0 Å². The number of esters is 1. The maximum absolute atomic E-state index is 12.9. The van der Waals surface area contributed by atoms with Gasteiger partial charge in [0.2, 0.25) is 0 Å². The van der Waals surface area contributed by atoms with Crippen molar-refractivity contribution in [1.29, 1.82) is 0 Å². The molecule has 11 heteroatoms. The first-order valence-corrected chi connectivity index (χ1v) is 11.2. The van der Waals surface area contributed by atoms with Crippen molar-refractivity contribution in [1.82, 2.24) is 10.4 Å². The number of hydrazine groups is 1. The van der Waals surface area contributed by atoms with Crippen LogP contribution in [-0.2, 0) is 14.3 Å². The Hall–Kier alpha value is -3.08. The standard InChI is InChI=1S/C22H19ClN2O6S2/c1-3-30-16-10-13(9-15(23)19(16)31-12-18(26)29-2)11-17-21(28)25(22(32)33-17)24-20(27)14-7-5-4-6-8-14/h4-11H,3,12H2,1-2H3,(H,24,27)/b17-11-. The van der Waals surface area contributed by atoms with Gasteiger partial charge in [-0.1, -0.05) is 41.6 Å². The van der Waals surface area contributed by atoms with Gasteiger partial charge in [0.1, 0.15) is 0 Å². The number of hydrogen-bond donors (Lipinski definition) is 1. The Balaban J connectivity index is 1.82. The van der Waals surface area contributed by atoms with Gasteiger partial charge in [-0.05, 0) is 55.0 Å². The van der Waals surface area contributed by atoms with Crippen LogP contribution in [0.25, 0.3) is 6.08 Å². The lowest BCUT2D eigenvalue weighted by Gasteiger charge is -2.15. The van der Waals surface area contributed by atoms with Crippen LogP contribution in [-0.4, -0.2) is 47.4 Å². The van der Waals surface area contributed by atoms with Gasteiger partial charge in [0.15, 0.2) is 22.4 Å². The summed E-state index contributed by atoms with van der Waals surface area (Å²) in [4.78, 5) is 37.0. The van der Waals surface area contributed by atoms with Crippen molar-refractivity contribution in [3.05, 3.63) is 63.5 Å². The molecule has 1 saturated heterocycles. The lowest BCUT2D eigenvalue weighted by Crippen LogP contribution is -2.44. The van der Waals surface area contributed by atoms with Gasteiger partial charge < -0.3 is 14.2 Å². The second-order valence-corrected chi connectivity index (χ2v) is 8.53. The van der Waals surface area contributed by atoms with E-state index >= 15 is 0 Å². The Morgan fingerprint density at radius 3 is 2.61 bits per heavy atom. The summed E-state index contributed by atoms with van der Waals surface area (Å²) in [7, 11) is 1.25. The molecule has 172 valence electrons. The van der Waals surface area contributed by atoms with E-state index in [1.165, 1.54) is 7.11 Å². The van der Waals surface area contributed by atoms with Crippen molar-refractivity contribution >= 4 is 63.8 Å². The minimum Gasteiger partial charge on any atom is -0.490 e. The summed E-state index contributed by atoms with van der Waals surface area (Å²) in [5, 5.41) is 1.21. The smallest absolute Gasteiger partial charge is 0.343 e. The van der Waals surface area contributed by atoms with Crippen molar-refractivity contribution in [2.75, 3.05) is 20.3 Å². The number of nitrogens with zero attached hydrogens (tertiary/aromatic N) is 1. The summed E-state index contributed by atoms with van der Waals surface area (Å²) < 4.78 is 15.8. The first kappa shape index (κ1) is 24.6. The Kier molecular flexibility index (Phi) is 8.32. The number of nitrogens with one attached hydrogen (secondary N) is 1. The van der Waals surface area contributed by atoms with Crippen LogP contribution in [0.5, 0.6) is 11.5 Å². The van der Waals surface area contributed by atoms with E-state index < -0.39 is 17.8 Å². The summed E-state index contributed by atoms with van der Waals surface area (Å²) in [5.41, 5.74) is 3.46. The SMILES string of the molecule is CCOc1cc(/C=C2\SC(=S)N(NC(=O)c3ccccc3)C2=O)cc(Cl)c1OCC(=O)OC. The maximum Gasteiger partial charge on any atom is 0.343 e. The molecule has 0 radical (unpaired) electrons. The van der Waals surface area contributed by atoms with E-state index in [1.54, 1.807) is 55.5 Å². The third-order valence-electron chi connectivity index (χ3n) is 4.23.